The predicted molar refractivity (Wildman–Crippen MR) is 129 cm³/mol. The Hall–Kier alpha value is -4.22. The van der Waals surface area contributed by atoms with Gasteiger partial charge in [-0.2, -0.15) is 10.2 Å². The summed E-state index contributed by atoms with van der Waals surface area (Å²) >= 11 is 3.37. The number of hydrogen-bond donors (Lipinski definition) is 1. The van der Waals surface area contributed by atoms with Crippen LogP contribution < -0.4 is 15.6 Å². The standard InChI is InChI=1S/C25H17BrN4O3/c1-16-6-2-3-7-21(16)28-23(31)17(15-27)14-20-24(33-19-11-9-18(26)10-12-19)29-22-8-4-5-13-30(22)25(20)32/h2-14H,1H3,(H,28,31)/b17-14+. The molecule has 0 unspecified atom stereocenters. The zero-order valence-electron chi connectivity index (χ0n) is 17.4. The van der Waals surface area contributed by atoms with Gasteiger partial charge < -0.3 is 10.1 Å². The number of amides is 1. The molecule has 8 heteroatoms. The number of benzene rings is 2. The van der Waals surface area contributed by atoms with Crippen LogP contribution in [0, 0.1) is 18.3 Å². The van der Waals surface area contributed by atoms with E-state index < -0.39 is 11.5 Å². The Balaban J connectivity index is 1.81. The van der Waals surface area contributed by atoms with Gasteiger partial charge in [0.15, 0.2) is 0 Å². The van der Waals surface area contributed by atoms with Crippen LogP contribution in [0.5, 0.6) is 11.6 Å². The van der Waals surface area contributed by atoms with Crippen molar-refractivity contribution < 1.29 is 9.53 Å². The van der Waals surface area contributed by atoms with Gasteiger partial charge in [0.05, 0.1) is 0 Å². The minimum absolute atomic E-state index is 0.00929. The Bertz CT molecular complexity index is 1480. The van der Waals surface area contributed by atoms with Gasteiger partial charge in [-0.1, -0.05) is 40.2 Å². The van der Waals surface area contributed by atoms with Crippen molar-refractivity contribution >= 4 is 39.2 Å². The minimum atomic E-state index is -0.640. The van der Waals surface area contributed by atoms with Crippen molar-refractivity contribution in [2.75, 3.05) is 5.32 Å². The quantitative estimate of drug-likeness (QED) is 0.303. The molecule has 0 spiro atoms. The molecule has 7 nitrogen and oxygen atoms in total. The Morgan fingerprint density at radius 3 is 2.58 bits per heavy atom. The summed E-state index contributed by atoms with van der Waals surface area (Å²) in [4.78, 5) is 30.5. The van der Waals surface area contributed by atoms with Gasteiger partial charge in [0.25, 0.3) is 11.5 Å². The summed E-state index contributed by atoms with van der Waals surface area (Å²) in [6.07, 6.45) is 2.77. The third-order valence-corrected chi connectivity index (χ3v) is 5.34. The maximum absolute atomic E-state index is 13.2. The van der Waals surface area contributed by atoms with Crippen LogP contribution in [0.25, 0.3) is 11.7 Å². The molecule has 162 valence electrons. The Morgan fingerprint density at radius 2 is 1.85 bits per heavy atom. The molecular weight excluding hydrogens is 484 g/mol. The van der Waals surface area contributed by atoms with Crippen molar-refractivity contribution in [3.05, 3.63) is 104 Å². The number of nitriles is 1. The molecule has 2 heterocycles. The highest BCUT2D eigenvalue weighted by molar-refractivity contribution is 9.10. The molecule has 0 bridgehead atoms. The molecule has 0 aliphatic carbocycles. The molecule has 0 aliphatic rings. The van der Waals surface area contributed by atoms with Gasteiger partial charge in [-0.05, 0) is 61.0 Å². The highest BCUT2D eigenvalue weighted by Crippen LogP contribution is 2.25. The summed E-state index contributed by atoms with van der Waals surface area (Å²) < 4.78 is 8.08. The molecule has 33 heavy (non-hydrogen) atoms. The summed E-state index contributed by atoms with van der Waals surface area (Å²) in [6.45, 7) is 1.84. The van der Waals surface area contributed by atoms with Gasteiger partial charge in [-0.3, -0.25) is 14.0 Å². The number of rotatable bonds is 5. The largest absolute Gasteiger partial charge is 0.438 e. The lowest BCUT2D eigenvalue weighted by Crippen LogP contribution is -2.20. The summed E-state index contributed by atoms with van der Waals surface area (Å²) in [7, 11) is 0. The van der Waals surface area contributed by atoms with Crippen LogP contribution in [0.2, 0.25) is 0 Å². The lowest BCUT2D eigenvalue weighted by Gasteiger charge is -2.11. The lowest BCUT2D eigenvalue weighted by atomic mass is 10.1. The highest BCUT2D eigenvalue weighted by atomic mass is 79.9. The van der Waals surface area contributed by atoms with E-state index in [1.54, 1.807) is 60.8 Å². The van der Waals surface area contributed by atoms with Crippen LogP contribution in [0.1, 0.15) is 11.1 Å². The number of hydrogen-bond acceptors (Lipinski definition) is 5. The fourth-order valence-corrected chi connectivity index (χ4v) is 3.36. The fourth-order valence-electron chi connectivity index (χ4n) is 3.09. The van der Waals surface area contributed by atoms with Crippen LogP contribution in [0.3, 0.4) is 0 Å². The second-order valence-electron chi connectivity index (χ2n) is 7.06. The van der Waals surface area contributed by atoms with E-state index in [4.69, 9.17) is 4.74 Å². The average Bonchev–Trinajstić information content (AvgIpc) is 2.82. The number of carbonyl (C=O) groups excluding carboxylic acids is 1. The summed E-state index contributed by atoms with van der Waals surface area (Å²) in [5.41, 5.74) is 1.05. The van der Waals surface area contributed by atoms with Crippen molar-refractivity contribution in [3.63, 3.8) is 0 Å². The summed E-state index contributed by atoms with van der Waals surface area (Å²) in [5, 5.41) is 12.4. The number of nitrogens with one attached hydrogen (secondary N) is 1. The smallest absolute Gasteiger partial charge is 0.269 e. The van der Waals surface area contributed by atoms with Crippen molar-refractivity contribution in [1.82, 2.24) is 9.38 Å². The van der Waals surface area contributed by atoms with Crippen LogP contribution in [0.4, 0.5) is 5.69 Å². The third kappa shape index (κ3) is 4.84. The molecule has 4 rings (SSSR count). The fraction of sp³-hybridized carbons (Fsp3) is 0.0400. The van der Waals surface area contributed by atoms with Crippen LogP contribution in [-0.2, 0) is 4.79 Å². The first-order valence-corrected chi connectivity index (χ1v) is 10.7. The summed E-state index contributed by atoms with van der Waals surface area (Å²) in [6, 6.07) is 21.2. The molecule has 2 aromatic carbocycles. The van der Waals surface area contributed by atoms with Crippen molar-refractivity contribution in [2.45, 2.75) is 6.92 Å². The van der Waals surface area contributed by atoms with E-state index in [2.05, 4.69) is 26.2 Å². The first kappa shape index (κ1) is 22.0. The van der Waals surface area contributed by atoms with Crippen LogP contribution in [-0.4, -0.2) is 15.3 Å². The molecule has 4 aromatic rings. The molecule has 0 radical (unpaired) electrons. The SMILES string of the molecule is Cc1ccccc1NC(=O)/C(C#N)=C/c1c(Oc2ccc(Br)cc2)nc2ccccn2c1=O. The monoisotopic (exact) mass is 500 g/mol. The van der Waals surface area contributed by atoms with Gasteiger partial charge in [0.1, 0.15) is 28.6 Å². The number of aromatic nitrogens is 2. The predicted octanol–water partition coefficient (Wildman–Crippen LogP) is 5.10. The molecule has 0 saturated heterocycles. The van der Waals surface area contributed by atoms with E-state index in [1.807, 2.05) is 25.1 Å². The third-order valence-electron chi connectivity index (χ3n) is 4.81. The Morgan fingerprint density at radius 1 is 1.12 bits per heavy atom. The van der Waals surface area contributed by atoms with E-state index in [-0.39, 0.29) is 17.0 Å². The molecule has 0 saturated carbocycles. The normalized spacial score (nSPS) is 11.1. The van der Waals surface area contributed by atoms with Crippen molar-refractivity contribution in [3.8, 4) is 17.7 Å². The number of carbonyl (C=O) groups is 1. The number of halogens is 1. The van der Waals surface area contributed by atoms with E-state index in [9.17, 15) is 14.9 Å². The van der Waals surface area contributed by atoms with Crippen LogP contribution >= 0.6 is 15.9 Å². The van der Waals surface area contributed by atoms with Gasteiger partial charge in [-0.15, -0.1) is 0 Å². The van der Waals surface area contributed by atoms with E-state index in [1.165, 1.54) is 10.5 Å². The molecule has 2 aromatic heterocycles. The number of para-hydroxylation sites is 1. The van der Waals surface area contributed by atoms with Crippen molar-refractivity contribution in [2.24, 2.45) is 0 Å². The molecule has 1 N–H and O–H groups in total. The number of ether oxygens (including phenoxy) is 1. The topological polar surface area (TPSA) is 96.5 Å². The molecule has 0 aliphatic heterocycles. The van der Waals surface area contributed by atoms with E-state index >= 15 is 0 Å². The second kappa shape index (κ2) is 9.51. The lowest BCUT2D eigenvalue weighted by molar-refractivity contribution is -0.112. The number of fused-ring (bicyclic) bond motifs is 1. The van der Waals surface area contributed by atoms with E-state index in [0.717, 1.165) is 10.0 Å². The average molecular weight is 501 g/mol. The molecule has 1 amide bonds. The van der Waals surface area contributed by atoms with Gasteiger partial charge in [-0.25, -0.2) is 0 Å². The second-order valence-corrected chi connectivity index (χ2v) is 7.98. The number of anilines is 1. The van der Waals surface area contributed by atoms with Crippen LogP contribution in [0.15, 0.2) is 87.8 Å². The highest BCUT2D eigenvalue weighted by Gasteiger charge is 2.18. The zero-order valence-corrected chi connectivity index (χ0v) is 19.0. The Labute approximate surface area is 197 Å². The number of aryl methyl sites for hydroxylation is 1. The van der Waals surface area contributed by atoms with Gasteiger partial charge in [0, 0.05) is 16.4 Å². The maximum Gasteiger partial charge on any atom is 0.269 e. The number of pyridine rings is 1. The molecule has 0 fully saturated rings. The summed E-state index contributed by atoms with van der Waals surface area (Å²) in [5.74, 6) is -0.202. The molecule has 0 atom stereocenters. The van der Waals surface area contributed by atoms with Crippen molar-refractivity contribution in [1.29, 1.82) is 5.26 Å². The zero-order chi connectivity index (χ0) is 23.4. The minimum Gasteiger partial charge on any atom is -0.438 e. The Kier molecular flexibility index (Phi) is 6.33. The molecular formula is C25H17BrN4O3. The first-order chi connectivity index (χ1) is 16.0. The maximum atomic E-state index is 13.2. The first-order valence-electron chi connectivity index (χ1n) is 9.90. The van der Waals surface area contributed by atoms with Gasteiger partial charge >= 0.3 is 0 Å². The van der Waals surface area contributed by atoms with E-state index in [0.29, 0.717) is 17.1 Å². The number of nitrogens with zero attached hydrogens (tertiary/aromatic N) is 3. The van der Waals surface area contributed by atoms with Gasteiger partial charge in [0.2, 0.25) is 5.88 Å².